The van der Waals surface area contributed by atoms with Gasteiger partial charge in [-0.25, -0.2) is 4.79 Å². The molecule has 1 rings (SSSR count). The molecule has 2 N–H and O–H groups in total. The van der Waals surface area contributed by atoms with Gasteiger partial charge in [-0.3, -0.25) is 4.90 Å². The van der Waals surface area contributed by atoms with E-state index in [1.165, 1.54) is 0 Å². The number of alkyl carbamates (subject to hydrolysis) is 1. The fourth-order valence-electron chi connectivity index (χ4n) is 1.33. The van der Waals surface area contributed by atoms with Crippen molar-refractivity contribution in [2.45, 2.75) is 0 Å². The fourth-order valence-corrected chi connectivity index (χ4v) is 1.33. The number of aliphatic hydroxyl groups excluding tert-OH is 1. The molecule has 0 radical (unpaired) electrons. The van der Waals surface area contributed by atoms with Crippen LogP contribution in [0.25, 0.3) is 0 Å². The van der Waals surface area contributed by atoms with Gasteiger partial charge in [0.25, 0.3) is 0 Å². The number of amides is 1. The van der Waals surface area contributed by atoms with Crippen LogP contribution in [0.15, 0.2) is 0 Å². The third kappa shape index (κ3) is 5.56. The van der Waals surface area contributed by atoms with Gasteiger partial charge in [0.2, 0.25) is 0 Å². The number of carbonyl (C=O) groups is 1. The lowest BCUT2D eigenvalue weighted by molar-refractivity contribution is 0.0381. The van der Waals surface area contributed by atoms with Gasteiger partial charge in [-0.2, -0.15) is 0 Å². The molecule has 15 heavy (non-hydrogen) atoms. The molecule has 6 heteroatoms. The maximum Gasteiger partial charge on any atom is 0.407 e. The van der Waals surface area contributed by atoms with Gasteiger partial charge in [0.05, 0.1) is 19.8 Å². The SMILES string of the molecule is O=C(NCCN1CCOCC1)OCCO. The standard InChI is InChI=1S/C9H18N2O4/c12-5-8-15-9(13)10-1-2-11-3-6-14-7-4-11/h12H,1-8H2,(H,10,13). The van der Waals surface area contributed by atoms with Gasteiger partial charge < -0.3 is 19.9 Å². The molecule has 1 amide bonds. The van der Waals surface area contributed by atoms with E-state index in [0.29, 0.717) is 6.54 Å². The fraction of sp³-hybridized carbons (Fsp3) is 0.889. The second-order valence-corrected chi connectivity index (χ2v) is 3.24. The molecule has 0 atom stereocenters. The molecule has 0 bridgehead atoms. The summed E-state index contributed by atoms with van der Waals surface area (Å²) in [4.78, 5) is 13.2. The van der Waals surface area contributed by atoms with E-state index >= 15 is 0 Å². The van der Waals surface area contributed by atoms with Crippen molar-refractivity contribution < 1.29 is 19.4 Å². The van der Waals surface area contributed by atoms with E-state index in [-0.39, 0.29) is 13.2 Å². The molecule has 0 aromatic rings. The molecule has 0 aromatic heterocycles. The summed E-state index contributed by atoms with van der Waals surface area (Å²) in [7, 11) is 0. The second kappa shape index (κ2) is 7.44. The Labute approximate surface area is 89.1 Å². The number of ether oxygens (including phenoxy) is 2. The molecule has 1 aliphatic heterocycles. The lowest BCUT2D eigenvalue weighted by atomic mass is 10.4. The first-order valence-electron chi connectivity index (χ1n) is 5.14. The normalized spacial score (nSPS) is 17.4. The van der Waals surface area contributed by atoms with Crippen molar-refractivity contribution in [2.75, 3.05) is 52.6 Å². The number of aliphatic hydroxyl groups is 1. The van der Waals surface area contributed by atoms with Gasteiger partial charge in [0.1, 0.15) is 6.61 Å². The van der Waals surface area contributed by atoms with Crippen molar-refractivity contribution in [3.8, 4) is 0 Å². The van der Waals surface area contributed by atoms with E-state index < -0.39 is 6.09 Å². The summed E-state index contributed by atoms with van der Waals surface area (Å²) in [5.74, 6) is 0. The molecule has 1 saturated heterocycles. The molecule has 6 nitrogen and oxygen atoms in total. The highest BCUT2D eigenvalue weighted by molar-refractivity contribution is 5.67. The lowest BCUT2D eigenvalue weighted by Gasteiger charge is -2.26. The van der Waals surface area contributed by atoms with Gasteiger partial charge in [-0.15, -0.1) is 0 Å². The van der Waals surface area contributed by atoms with Gasteiger partial charge in [0, 0.05) is 26.2 Å². The first-order valence-corrected chi connectivity index (χ1v) is 5.14. The van der Waals surface area contributed by atoms with Gasteiger partial charge in [-0.1, -0.05) is 0 Å². The van der Waals surface area contributed by atoms with Crippen LogP contribution in [-0.4, -0.2) is 68.7 Å². The molecule has 0 unspecified atom stereocenters. The van der Waals surface area contributed by atoms with Gasteiger partial charge in [-0.05, 0) is 0 Å². The van der Waals surface area contributed by atoms with Crippen molar-refractivity contribution in [1.82, 2.24) is 10.2 Å². The van der Waals surface area contributed by atoms with Crippen LogP contribution in [0.3, 0.4) is 0 Å². The highest BCUT2D eigenvalue weighted by Gasteiger charge is 2.10. The molecule has 1 heterocycles. The Kier molecular flexibility index (Phi) is 6.06. The summed E-state index contributed by atoms with van der Waals surface area (Å²) in [6, 6.07) is 0. The monoisotopic (exact) mass is 218 g/mol. The summed E-state index contributed by atoms with van der Waals surface area (Å²) in [5, 5.41) is 11.0. The van der Waals surface area contributed by atoms with E-state index in [1.807, 2.05) is 0 Å². The van der Waals surface area contributed by atoms with Crippen LogP contribution in [0.2, 0.25) is 0 Å². The zero-order chi connectivity index (χ0) is 10.9. The third-order valence-electron chi connectivity index (χ3n) is 2.13. The van der Waals surface area contributed by atoms with Crippen LogP contribution in [0.1, 0.15) is 0 Å². The summed E-state index contributed by atoms with van der Waals surface area (Å²) >= 11 is 0. The Morgan fingerprint density at radius 3 is 2.87 bits per heavy atom. The molecule has 1 aliphatic rings. The first kappa shape index (κ1) is 12.2. The maximum atomic E-state index is 11.0. The van der Waals surface area contributed by atoms with Gasteiger partial charge >= 0.3 is 6.09 Å². The minimum atomic E-state index is -0.475. The van der Waals surface area contributed by atoms with Crippen molar-refractivity contribution in [3.63, 3.8) is 0 Å². The zero-order valence-electron chi connectivity index (χ0n) is 8.78. The van der Waals surface area contributed by atoms with Crippen LogP contribution in [0.5, 0.6) is 0 Å². The number of rotatable bonds is 5. The van der Waals surface area contributed by atoms with Crippen LogP contribution in [0, 0.1) is 0 Å². The van der Waals surface area contributed by atoms with Crippen LogP contribution >= 0.6 is 0 Å². The van der Waals surface area contributed by atoms with E-state index in [9.17, 15) is 4.79 Å². The summed E-state index contributed by atoms with van der Waals surface area (Å²) in [5.41, 5.74) is 0. The number of nitrogens with one attached hydrogen (secondary N) is 1. The van der Waals surface area contributed by atoms with E-state index in [0.717, 1.165) is 32.8 Å². The zero-order valence-corrected chi connectivity index (χ0v) is 8.78. The quantitative estimate of drug-likeness (QED) is 0.621. The largest absolute Gasteiger partial charge is 0.447 e. The number of hydrogen-bond acceptors (Lipinski definition) is 5. The van der Waals surface area contributed by atoms with Crippen molar-refractivity contribution in [2.24, 2.45) is 0 Å². The molecular formula is C9H18N2O4. The van der Waals surface area contributed by atoms with E-state index in [4.69, 9.17) is 9.84 Å². The Hall–Kier alpha value is -0.850. The third-order valence-corrected chi connectivity index (χ3v) is 2.13. The lowest BCUT2D eigenvalue weighted by Crippen LogP contribution is -2.41. The highest BCUT2D eigenvalue weighted by atomic mass is 16.6. The van der Waals surface area contributed by atoms with Crippen molar-refractivity contribution in [3.05, 3.63) is 0 Å². The smallest absolute Gasteiger partial charge is 0.407 e. The Morgan fingerprint density at radius 2 is 2.20 bits per heavy atom. The topological polar surface area (TPSA) is 71.0 Å². The molecule has 1 fully saturated rings. The number of nitrogens with zero attached hydrogens (tertiary/aromatic N) is 1. The van der Waals surface area contributed by atoms with E-state index in [2.05, 4.69) is 15.0 Å². The van der Waals surface area contributed by atoms with Crippen LogP contribution < -0.4 is 5.32 Å². The van der Waals surface area contributed by atoms with Crippen molar-refractivity contribution >= 4 is 6.09 Å². The Morgan fingerprint density at radius 1 is 1.47 bits per heavy atom. The van der Waals surface area contributed by atoms with Crippen molar-refractivity contribution in [1.29, 1.82) is 0 Å². The second-order valence-electron chi connectivity index (χ2n) is 3.24. The molecule has 0 spiro atoms. The highest BCUT2D eigenvalue weighted by Crippen LogP contribution is 1.94. The molecular weight excluding hydrogens is 200 g/mol. The van der Waals surface area contributed by atoms with Crippen LogP contribution in [-0.2, 0) is 9.47 Å². The summed E-state index contributed by atoms with van der Waals surface area (Å²) in [6.45, 7) is 4.60. The Balaban J connectivity index is 1.97. The predicted octanol–water partition coefficient (Wildman–Crippen LogP) is -0.963. The molecule has 0 aromatic carbocycles. The van der Waals surface area contributed by atoms with Gasteiger partial charge in [0.15, 0.2) is 0 Å². The summed E-state index contributed by atoms with van der Waals surface area (Å²) in [6.07, 6.45) is -0.475. The first-order chi connectivity index (χ1) is 7.33. The minimum absolute atomic E-state index is 0.0450. The molecule has 88 valence electrons. The Bertz CT molecular complexity index is 183. The summed E-state index contributed by atoms with van der Waals surface area (Å²) < 4.78 is 9.84. The predicted molar refractivity (Wildman–Crippen MR) is 53.7 cm³/mol. The number of carbonyl (C=O) groups excluding carboxylic acids is 1. The molecule has 0 aliphatic carbocycles. The minimum Gasteiger partial charge on any atom is -0.447 e. The molecule has 0 saturated carbocycles. The number of morpholine rings is 1. The van der Waals surface area contributed by atoms with Crippen LogP contribution in [0.4, 0.5) is 4.79 Å². The average Bonchev–Trinajstić information content (AvgIpc) is 2.28. The van der Waals surface area contributed by atoms with E-state index in [1.54, 1.807) is 0 Å². The maximum absolute atomic E-state index is 11.0. The number of hydrogen-bond donors (Lipinski definition) is 2. The average molecular weight is 218 g/mol.